The van der Waals surface area contributed by atoms with Gasteiger partial charge in [0.05, 0.1) is 0 Å². The van der Waals surface area contributed by atoms with Gasteiger partial charge >= 0.3 is 0 Å². The first kappa shape index (κ1) is 11.3. The first-order chi connectivity index (χ1) is 6.70. The zero-order valence-electron chi connectivity index (χ0n) is 9.46. The molecule has 0 saturated carbocycles. The number of rotatable bonds is 4. The maximum atomic E-state index is 6.26. The average molecular weight is 191 g/mol. The van der Waals surface area contributed by atoms with Crippen molar-refractivity contribution in [3.05, 3.63) is 35.4 Å². The Balaban J connectivity index is 2.88. The molecule has 1 aromatic carbocycles. The molecule has 2 N–H and O–H groups in total. The third-order valence-electron chi connectivity index (χ3n) is 3.10. The van der Waals surface area contributed by atoms with Gasteiger partial charge in [0.15, 0.2) is 0 Å². The second-order valence-corrected chi connectivity index (χ2v) is 3.96. The van der Waals surface area contributed by atoms with Crippen molar-refractivity contribution >= 4 is 0 Å². The number of nitrogens with two attached hydrogens (primary N) is 1. The molecule has 0 amide bonds. The lowest BCUT2D eigenvalue weighted by Gasteiger charge is -2.23. The largest absolute Gasteiger partial charge is 0.324 e. The Bertz CT molecular complexity index is 276. The molecule has 0 spiro atoms. The van der Waals surface area contributed by atoms with Crippen LogP contribution in [-0.4, -0.2) is 0 Å². The maximum Gasteiger partial charge on any atom is 0.0325 e. The van der Waals surface area contributed by atoms with Crippen LogP contribution in [0.15, 0.2) is 24.3 Å². The van der Waals surface area contributed by atoms with E-state index in [1.807, 2.05) is 0 Å². The van der Waals surface area contributed by atoms with Crippen molar-refractivity contribution in [3.63, 3.8) is 0 Å². The molecular formula is C13H21N. The molecule has 1 heteroatoms. The Morgan fingerprint density at radius 3 is 2.21 bits per heavy atom. The standard InChI is InChI=1S/C13H21N/c1-4-11(5-2)13(14)12-9-7-6-8-10(12)3/h6-9,11,13H,4-5,14H2,1-3H3. The lowest BCUT2D eigenvalue weighted by atomic mass is 9.87. The lowest BCUT2D eigenvalue weighted by Crippen LogP contribution is -2.21. The fourth-order valence-corrected chi connectivity index (χ4v) is 2.01. The minimum atomic E-state index is 0.200. The molecule has 1 rings (SSSR count). The van der Waals surface area contributed by atoms with E-state index in [0.29, 0.717) is 5.92 Å². The molecule has 0 aromatic heterocycles. The van der Waals surface area contributed by atoms with E-state index in [1.54, 1.807) is 0 Å². The minimum absolute atomic E-state index is 0.200. The summed E-state index contributed by atoms with van der Waals surface area (Å²) < 4.78 is 0. The van der Waals surface area contributed by atoms with Gasteiger partial charge in [0.2, 0.25) is 0 Å². The Labute approximate surface area is 87.3 Å². The van der Waals surface area contributed by atoms with E-state index in [4.69, 9.17) is 5.73 Å². The third kappa shape index (κ3) is 2.36. The molecule has 0 fully saturated rings. The summed E-state index contributed by atoms with van der Waals surface area (Å²) in [6.07, 6.45) is 2.32. The second kappa shape index (κ2) is 5.16. The second-order valence-electron chi connectivity index (χ2n) is 3.96. The van der Waals surface area contributed by atoms with Crippen LogP contribution < -0.4 is 5.73 Å². The van der Waals surface area contributed by atoms with Crippen LogP contribution in [0.5, 0.6) is 0 Å². The number of hydrogen-bond acceptors (Lipinski definition) is 1. The van der Waals surface area contributed by atoms with Crippen LogP contribution in [0.2, 0.25) is 0 Å². The summed E-state index contributed by atoms with van der Waals surface area (Å²) in [7, 11) is 0. The number of benzene rings is 1. The molecule has 14 heavy (non-hydrogen) atoms. The topological polar surface area (TPSA) is 26.0 Å². The molecule has 0 aliphatic heterocycles. The van der Waals surface area contributed by atoms with Gasteiger partial charge in [-0.05, 0) is 24.0 Å². The van der Waals surface area contributed by atoms with Gasteiger partial charge in [0.1, 0.15) is 0 Å². The fraction of sp³-hybridized carbons (Fsp3) is 0.538. The summed E-state index contributed by atoms with van der Waals surface area (Å²) in [5, 5.41) is 0. The summed E-state index contributed by atoms with van der Waals surface area (Å²) in [4.78, 5) is 0. The molecule has 1 aromatic rings. The van der Waals surface area contributed by atoms with Gasteiger partial charge in [0.25, 0.3) is 0 Å². The van der Waals surface area contributed by atoms with Crippen LogP contribution in [0.25, 0.3) is 0 Å². The molecule has 78 valence electrons. The first-order valence-electron chi connectivity index (χ1n) is 5.51. The van der Waals surface area contributed by atoms with Gasteiger partial charge in [-0.3, -0.25) is 0 Å². The molecule has 0 radical (unpaired) electrons. The molecule has 0 aliphatic rings. The zero-order valence-corrected chi connectivity index (χ0v) is 9.46. The Morgan fingerprint density at radius 1 is 1.14 bits per heavy atom. The Kier molecular flexibility index (Phi) is 4.15. The van der Waals surface area contributed by atoms with E-state index in [-0.39, 0.29) is 6.04 Å². The van der Waals surface area contributed by atoms with Crippen LogP contribution in [-0.2, 0) is 0 Å². The van der Waals surface area contributed by atoms with Crippen molar-refractivity contribution in [3.8, 4) is 0 Å². The molecule has 1 atom stereocenters. The Morgan fingerprint density at radius 2 is 1.71 bits per heavy atom. The lowest BCUT2D eigenvalue weighted by molar-refractivity contribution is 0.404. The highest BCUT2D eigenvalue weighted by Gasteiger charge is 2.16. The molecule has 0 heterocycles. The van der Waals surface area contributed by atoms with Crippen molar-refractivity contribution in [1.29, 1.82) is 0 Å². The Hall–Kier alpha value is -0.820. The monoisotopic (exact) mass is 191 g/mol. The smallest absolute Gasteiger partial charge is 0.0325 e. The van der Waals surface area contributed by atoms with Crippen LogP contribution in [0, 0.1) is 12.8 Å². The van der Waals surface area contributed by atoms with Gasteiger partial charge in [-0.25, -0.2) is 0 Å². The summed E-state index contributed by atoms with van der Waals surface area (Å²) in [6.45, 7) is 6.57. The van der Waals surface area contributed by atoms with Crippen molar-refractivity contribution in [2.24, 2.45) is 11.7 Å². The number of hydrogen-bond donors (Lipinski definition) is 1. The molecule has 1 unspecified atom stereocenters. The van der Waals surface area contributed by atoms with E-state index < -0.39 is 0 Å². The average Bonchev–Trinajstić information content (AvgIpc) is 2.20. The van der Waals surface area contributed by atoms with Crippen molar-refractivity contribution in [2.75, 3.05) is 0 Å². The molecule has 0 aliphatic carbocycles. The predicted molar refractivity (Wildman–Crippen MR) is 62.2 cm³/mol. The highest BCUT2D eigenvalue weighted by molar-refractivity contribution is 5.28. The normalized spacial score (nSPS) is 13.2. The highest BCUT2D eigenvalue weighted by atomic mass is 14.6. The molecule has 0 bridgehead atoms. The van der Waals surface area contributed by atoms with Crippen LogP contribution >= 0.6 is 0 Å². The number of aryl methyl sites for hydroxylation is 1. The first-order valence-corrected chi connectivity index (χ1v) is 5.51. The van der Waals surface area contributed by atoms with Crippen LogP contribution in [0.4, 0.5) is 0 Å². The van der Waals surface area contributed by atoms with Crippen molar-refractivity contribution < 1.29 is 0 Å². The summed E-state index contributed by atoms with van der Waals surface area (Å²) in [6, 6.07) is 8.63. The molecule has 1 nitrogen and oxygen atoms in total. The quantitative estimate of drug-likeness (QED) is 0.775. The van der Waals surface area contributed by atoms with Gasteiger partial charge in [-0.2, -0.15) is 0 Å². The van der Waals surface area contributed by atoms with Crippen LogP contribution in [0.1, 0.15) is 43.9 Å². The summed E-state index contributed by atoms with van der Waals surface area (Å²) in [5.41, 5.74) is 8.88. The van der Waals surface area contributed by atoms with Gasteiger partial charge < -0.3 is 5.73 Å². The minimum Gasteiger partial charge on any atom is -0.324 e. The zero-order chi connectivity index (χ0) is 10.6. The maximum absolute atomic E-state index is 6.26. The van der Waals surface area contributed by atoms with E-state index in [2.05, 4.69) is 45.0 Å². The fourth-order valence-electron chi connectivity index (χ4n) is 2.01. The van der Waals surface area contributed by atoms with Crippen molar-refractivity contribution in [2.45, 2.75) is 39.7 Å². The third-order valence-corrected chi connectivity index (χ3v) is 3.10. The molecular weight excluding hydrogens is 170 g/mol. The van der Waals surface area contributed by atoms with E-state index in [1.165, 1.54) is 11.1 Å². The van der Waals surface area contributed by atoms with E-state index in [0.717, 1.165) is 12.8 Å². The van der Waals surface area contributed by atoms with Gasteiger partial charge in [0, 0.05) is 6.04 Å². The summed E-state index contributed by atoms with van der Waals surface area (Å²) in [5.74, 6) is 0.607. The van der Waals surface area contributed by atoms with Gasteiger partial charge in [-0.15, -0.1) is 0 Å². The van der Waals surface area contributed by atoms with E-state index in [9.17, 15) is 0 Å². The summed E-state index contributed by atoms with van der Waals surface area (Å²) >= 11 is 0. The molecule has 0 saturated heterocycles. The van der Waals surface area contributed by atoms with Crippen LogP contribution in [0.3, 0.4) is 0 Å². The predicted octanol–water partition coefficient (Wildman–Crippen LogP) is 3.43. The SMILES string of the molecule is CCC(CC)C(N)c1ccccc1C. The van der Waals surface area contributed by atoms with Crippen molar-refractivity contribution in [1.82, 2.24) is 0 Å². The van der Waals surface area contributed by atoms with Gasteiger partial charge in [-0.1, -0.05) is 51.0 Å². The highest BCUT2D eigenvalue weighted by Crippen LogP contribution is 2.26. The van der Waals surface area contributed by atoms with E-state index >= 15 is 0 Å².